The molecule has 0 amide bonds. The van der Waals surface area contributed by atoms with Gasteiger partial charge in [0.05, 0.1) is 0 Å². The van der Waals surface area contributed by atoms with Gasteiger partial charge < -0.3 is 5.32 Å². The molecule has 0 atom stereocenters. The Balaban J connectivity index is 3.04. The molecule has 1 nitrogen and oxygen atoms in total. The monoisotopic (exact) mass is 155 g/mol. The Morgan fingerprint density at radius 2 is 1.91 bits per heavy atom. The molecule has 0 rings (SSSR count). The Kier molecular flexibility index (Phi) is 7.33. The maximum Gasteiger partial charge on any atom is 0.0115 e. The predicted molar refractivity (Wildman–Crippen MR) is 51.6 cm³/mol. The summed E-state index contributed by atoms with van der Waals surface area (Å²) >= 11 is 0. The number of hydrogen-bond acceptors (Lipinski definition) is 1. The maximum atomic E-state index is 3.93. The first kappa shape index (κ1) is 10.5. The van der Waals surface area contributed by atoms with Crippen LogP contribution >= 0.6 is 0 Å². The highest BCUT2D eigenvalue weighted by Gasteiger charge is 1.91. The molecule has 0 saturated carbocycles. The van der Waals surface area contributed by atoms with Gasteiger partial charge in [0.2, 0.25) is 0 Å². The van der Waals surface area contributed by atoms with Crippen molar-refractivity contribution in [2.75, 3.05) is 6.54 Å². The molecule has 0 bridgehead atoms. The molecule has 66 valence electrons. The number of nitrogens with one attached hydrogen (secondary N) is 1. The standard InChI is InChI=1S/C10H21N/c1-4-6-7-8-9-10(3)11-5-2/h11H,3-9H2,1-2H3. The van der Waals surface area contributed by atoms with Gasteiger partial charge in [0.1, 0.15) is 0 Å². The van der Waals surface area contributed by atoms with Gasteiger partial charge in [0.15, 0.2) is 0 Å². The third kappa shape index (κ3) is 7.44. The van der Waals surface area contributed by atoms with Gasteiger partial charge >= 0.3 is 0 Å². The second kappa shape index (κ2) is 7.64. The fourth-order valence-electron chi connectivity index (χ4n) is 1.10. The Labute approximate surface area is 70.9 Å². The Morgan fingerprint density at radius 1 is 1.18 bits per heavy atom. The van der Waals surface area contributed by atoms with Crippen LogP contribution in [0.5, 0.6) is 0 Å². The van der Waals surface area contributed by atoms with Gasteiger partial charge in [-0.3, -0.25) is 0 Å². The molecule has 0 spiro atoms. The summed E-state index contributed by atoms with van der Waals surface area (Å²) in [5, 5.41) is 3.23. The zero-order valence-corrected chi connectivity index (χ0v) is 7.95. The van der Waals surface area contributed by atoms with Crippen molar-refractivity contribution in [3.05, 3.63) is 12.3 Å². The summed E-state index contributed by atoms with van der Waals surface area (Å²) in [6.07, 6.45) is 6.46. The zero-order chi connectivity index (χ0) is 8.53. The minimum Gasteiger partial charge on any atom is -0.389 e. The van der Waals surface area contributed by atoms with Crippen LogP contribution in [0.4, 0.5) is 0 Å². The third-order valence-electron chi connectivity index (χ3n) is 1.76. The van der Waals surface area contributed by atoms with Gasteiger partial charge in [-0.2, -0.15) is 0 Å². The quantitative estimate of drug-likeness (QED) is 0.557. The van der Waals surface area contributed by atoms with E-state index < -0.39 is 0 Å². The van der Waals surface area contributed by atoms with E-state index in [0.29, 0.717) is 0 Å². The van der Waals surface area contributed by atoms with Crippen molar-refractivity contribution >= 4 is 0 Å². The summed E-state index contributed by atoms with van der Waals surface area (Å²) in [4.78, 5) is 0. The van der Waals surface area contributed by atoms with Crippen molar-refractivity contribution in [2.45, 2.75) is 46.0 Å². The molecular weight excluding hydrogens is 134 g/mol. The summed E-state index contributed by atoms with van der Waals surface area (Å²) in [5.74, 6) is 0. The number of allylic oxidation sites excluding steroid dienone is 1. The van der Waals surface area contributed by atoms with E-state index in [-0.39, 0.29) is 0 Å². The van der Waals surface area contributed by atoms with Crippen molar-refractivity contribution in [2.24, 2.45) is 0 Å². The fourth-order valence-corrected chi connectivity index (χ4v) is 1.10. The van der Waals surface area contributed by atoms with Crippen LogP contribution in [0.2, 0.25) is 0 Å². The maximum absolute atomic E-state index is 3.93. The molecule has 0 aliphatic carbocycles. The Morgan fingerprint density at radius 3 is 2.45 bits per heavy atom. The Hall–Kier alpha value is -0.460. The minimum absolute atomic E-state index is 1.01. The summed E-state index contributed by atoms with van der Waals surface area (Å²) in [6.45, 7) is 9.28. The van der Waals surface area contributed by atoms with Crippen LogP contribution in [-0.2, 0) is 0 Å². The fraction of sp³-hybridized carbons (Fsp3) is 0.800. The summed E-state index contributed by atoms with van der Waals surface area (Å²) < 4.78 is 0. The van der Waals surface area contributed by atoms with Crippen LogP contribution in [0.25, 0.3) is 0 Å². The molecule has 0 aliphatic heterocycles. The molecule has 0 radical (unpaired) electrons. The van der Waals surface area contributed by atoms with Crippen LogP contribution < -0.4 is 5.32 Å². The highest BCUT2D eigenvalue weighted by molar-refractivity contribution is 4.89. The summed E-state index contributed by atoms with van der Waals surface area (Å²) in [7, 11) is 0. The molecule has 0 aromatic heterocycles. The van der Waals surface area contributed by atoms with E-state index in [1.807, 2.05) is 0 Å². The van der Waals surface area contributed by atoms with Gasteiger partial charge in [-0.05, 0) is 19.8 Å². The van der Waals surface area contributed by atoms with Crippen LogP contribution in [0.1, 0.15) is 46.0 Å². The first-order valence-electron chi connectivity index (χ1n) is 4.72. The van der Waals surface area contributed by atoms with E-state index in [9.17, 15) is 0 Å². The van der Waals surface area contributed by atoms with Crippen molar-refractivity contribution in [3.8, 4) is 0 Å². The number of unbranched alkanes of at least 4 members (excludes halogenated alkanes) is 3. The van der Waals surface area contributed by atoms with Crippen molar-refractivity contribution in [1.82, 2.24) is 5.32 Å². The average molecular weight is 155 g/mol. The molecular formula is C10H21N. The number of rotatable bonds is 7. The second-order valence-electron chi connectivity index (χ2n) is 2.94. The normalized spacial score (nSPS) is 9.64. The molecule has 0 saturated heterocycles. The van der Waals surface area contributed by atoms with Crippen molar-refractivity contribution in [1.29, 1.82) is 0 Å². The zero-order valence-electron chi connectivity index (χ0n) is 7.95. The molecule has 1 N–H and O–H groups in total. The smallest absolute Gasteiger partial charge is 0.0115 e. The predicted octanol–water partition coefficient (Wildman–Crippen LogP) is 3.08. The van der Waals surface area contributed by atoms with Gasteiger partial charge in [-0.25, -0.2) is 0 Å². The van der Waals surface area contributed by atoms with Gasteiger partial charge in [0, 0.05) is 12.2 Å². The lowest BCUT2D eigenvalue weighted by molar-refractivity contribution is 0.643. The third-order valence-corrected chi connectivity index (χ3v) is 1.76. The lowest BCUT2D eigenvalue weighted by Gasteiger charge is -2.05. The van der Waals surface area contributed by atoms with Gasteiger partial charge in [0.25, 0.3) is 0 Å². The first-order valence-corrected chi connectivity index (χ1v) is 4.72. The van der Waals surface area contributed by atoms with E-state index in [2.05, 4.69) is 25.7 Å². The van der Waals surface area contributed by atoms with Crippen molar-refractivity contribution in [3.63, 3.8) is 0 Å². The second-order valence-corrected chi connectivity index (χ2v) is 2.94. The van der Waals surface area contributed by atoms with Crippen LogP contribution in [-0.4, -0.2) is 6.54 Å². The summed E-state index contributed by atoms with van der Waals surface area (Å²) in [5.41, 5.74) is 1.20. The van der Waals surface area contributed by atoms with Crippen LogP contribution in [0, 0.1) is 0 Å². The average Bonchev–Trinajstić information content (AvgIpc) is 1.99. The van der Waals surface area contributed by atoms with Gasteiger partial charge in [-0.1, -0.05) is 32.8 Å². The molecule has 0 heterocycles. The molecule has 0 aliphatic rings. The van der Waals surface area contributed by atoms with E-state index in [0.717, 1.165) is 13.0 Å². The summed E-state index contributed by atoms with van der Waals surface area (Å²) in [6, 6.07) is 0. The molecule has 0 aromatic carbocycles. The van der Waals surface area contributed by atoms with Crippen molar-refractivity contribution < 1.29 is 0 Å². The molecule has 11 heavy (non-hydrogen) atoms. The minimum atomic E-state index is 1.01. The highest BCUT2D eigenvalue weighted by atomic mass is 14.9. The van der Waals surface area contributed by atoms with Crippen LogP contribution in [0.15, 0.2) is 12.3 Å². The van der Waals surface area contributed by atoms with E-state index in [1.54, 1.807) is 0 Å². The molecule has 0 aromatic rings. The SMILES string of the molecule is C=C(CCCCCC)NCC. The molecule has 1 heteroatoms. The number of hydrogen-bond donors (Lipinski definition) is 1. The topological polar surface area (TPSA) is 12.0 Å². The molecule has 0 fully saturated rings. The first-order chi connectivity index (χ1) is 5.31. The lowest BCUT2D eigenvalue weighted by Crippen LogP contribution is -2.10. The highest BCUT2D eigenvalue weighted by Crippen LogP contribution is 2.05. The van der Waals surface area contributed by atoms with Crippen LogP contribution in [0.3, 0.4) is 0 Å². The van der Waals surface area contributed by atoms with E-state index >= 15 is 0 Å². The van der Waals surface area contributed by atoms with Gasteiger partial charge in [-0.15, -0.1) is 0 Å². The van der Waals surface area contributed by atoms with E-state index in [4.69, 9.17) is 0 Å². The Bertz CT molecular complexity index is 97.0. The van der Waals surface area contributed by atoms with E-state index in [1.165, 1.54) is 31.4 Å². The largest absolute Gasteiger partial charge is 0.389 e. The lowest BCUT2D eigenvalue weighted by atomic mass is 10.1. The molecule has 0 unspecified atom stereocenters.